The molecule has 0 N–H and O–H groups in total. The highest BCUT2D eigenvalue weighted by Gasteiger charge is 2.26. The lowest BCUT2D eigenvalue weighted by Gasteiger charge is -2.23. The van der Waals surface area contributed by atoms with Crippen molar-refractivity contribution in [2.24, 2.45) is 0 Å². The quantitative estimate of drug-likeness (QED) is 0.169. The highest BCUT2D eigenvalue weighted by Crippen LogP contribution is 2.52. The Morgan fingerprint density at radius 3 is 1.26 bits per heavy atom. The van der Waals surface area contributed by atoms with E-state index in [0.29, 0.717) is 0 Å². The van der Waals surface area contributed by atoms with E-state index >= 15 is 0 Å². The molecule has 0 bridgehead atoms. The number of hydrogen-bond donors (Lipinski definition) is 0. The van der Waals surface area contributed by atoms with Crippen LogP contribution in [0.5, 0.6) is 0 Å². The van der Waals surface area contributed by atoms with Crippen molar-refractivity contribution in [1.82, 2.24) is 0 Å². The summed E-state index contributed by atoms with van der Waals surface area (Å²) in [6, 6.07) is 66.9. The Morgan fingerprint density at radius 2 is 0.667 bits per heavy atom. The summed E-state index contributed by atoms with van der Waals surface area (Å²) in [5.74, 6) is 0. The van der Waals surface area contributed by atoms with Crippen molar-refractivity contribution >= 4 is 65.0 Å². The van der Waals surface area contributed by atoms with E-state index in [2.05, 4.69) is 176 Å². The zero-order valence-electron chi connectivity index (χ0n) is 29.4. The molecule has 1 aromatic heterocycles. The first-order valence-electron chi connectivity index (χ1n) is 18.8. The number of furan rings is 1. The van der Waals surface area contributed by atoms with Crippen molar-refractivity contribution in [1.29, 1.82) is 0 Å². The molecular weight excluding hydrogens is 653 g/mol. The molecule has 54 heavy (non-hydrogen) atoms. The summed E-state index contributed by atoms with van der Waals surface area (Å²) in [6.07, 6.45) is 0.945. The standard InChI is InChI=1S/C53H32O/c1-2-16-33-32(15-1)31-47-34(33)26-13-27-44(47)49-36-18-3-7-22-40(36)51(41-23-8-4-19-37(41)49)52-42-24-9-5-20-38(42)50(39-21-6-10-25-43(39)52)46-29-14-28-45-35-17-11-12-30-48(35)54-53(45)46/h1-30H,31H2. The van der Waals surface area contributed by atoms with Crippen molar-refractivity contribution in [3.05, 3.63) is 193 Å². The van der Waals surface area contributed by atoms with E-state index in [4.69, 9.17) is 4.42 Å². The van der Waals surface area contributed by atoms with Crippen molar-refractivity contribution in [2.75, 3.05) is 0 Å². The molecule has 0 spiro atoms. The summed E-state index contributed by atoms with van der Waals surface area (Å²) in [5.41, 5.74) is 14.9. The molecule has 250 valence electrons. The van der Waals surface area contributed by atoms with Crippen LogP contribution >= 0.6 is 0 Å². The number of rotatable bonds is 3. The van der Waals surface area contributed by atoms with Crippen LogP contribution < -0.4 is 0 Å². The lowest BCUT2D eigenvalue weighted by Crippen LogP contribution is -1.96. The summed E-state index contributed by atoms with van der Waals surface area (Å²) in [5, 5.41) is 12.3. The monoisotopic (exact) mass is 684 g/mol. The first-order chi connectivity index (χ1) is 26.8. The Hall–Kier alpha value is -6.96. The van der Waals surface area contributed by atoms with Crippen LogP contribution in [0.1, 0.15) is 11.1 Å². The third-order valence-electron chi connectivity index (χ3n) is 11.9. The van der Waals surface area contributed by atoms with E-state index in [-0.39, 0.29) is 0 Å². The average Bonchev–Trinajstić information content (AvgIpc) is 3.81. The number of benzene rings is 10. The second kappa shape index (κ2) is 11.3. The molecule has 11 aromatic rings. The first kappa shape index (κ1) is 29.6. The molecule has 0 saturated carbocycles. The largest absolute Gasteiger partial charge is 0.455 e. The fourth-order valence-electron chi connectivity index (χ4n) is 9.71. The first-order valence-corrected chi connectivity index (χ1v) is 18.8. The van der Waals surface area contributed by atoms with Crippen LogP contribution in [0.25, 0.3) is 110 Å². The third-order valence-corrected chi connectivity index (χ3v) is 11.9. The number of fused-ring (bicyclic) bond motifs is 10. The Kier molecular flexibility index (Phi) is 6.18. The van der Waals surface area contributed by atoms with Crippen LogP contribution in [0.4, 0.5) is 0 Å². The van der Waals surface area contributed by atoms with Crippen molar-refractivity contribution in [2.45, 2.75) is 6.42 Å². The predicted molar refractivity (Wildman–Crippen MR) is 228 cm³/mol. The van der Waals surface area contributed by atoms with Gasteiger partial charge in [-0.15, -0.1) is 0 Å². The topological polar surface area (TPSA) is 13.1 Å². The molecule has 0 aliphatic heterocycles. The zero-order chi connectivity index (χ0) is 35.3. The van der Waals surface area contributed by atoms with Gasteiger partial charge in [-0.3, -0.25) is 0 Å². The maximum absolute atomic E-state index is 6.67. The van der Waals surface area contributed by atoms with E-state index in [1.54, 1.807) is 0 Å². The Morgan fingerprint density at radius 1 is 0.278 bits per heavy atom. The van der Waals surface area contributed by atoms with E-state index in [1.807, 2.05) is 6.07 Å². The second-order valence-electron chi connectivity index (χ2n) is 14.6. The Bertz CT molecular complexity index is 3250. The maximum atomic E-state index is 6.67. The second-order valence-corrected chi connectivity index (χ2v) is 14.6. The molecule has 0 saturated heterocycles. The van der Waals surface area contributed by atoms with Gasteiger partial charge in [0, 0.05) is 21.9 Å². The zero-order valence-corrected chi connectivity index (χ0v) is 29.4. The number of para-hydroxylation sites is 2. The van der Waals surface area contributed by atoms with Crippen molar-refractivity contribution in [3.63, 3.8) is 0 Å². The van der Waals surface area contributed by atoms with Gasteiger partial charge in [0.05, 0.1) is 0 Å². The minimum atomic E-state index is 0.913. The Labute approximate surface area is 312 Å². The molecule has 1 nitrogen and oxygen atoms in total. The average molecular weight is 685 g/mol. The van der Waals surface area contributed by atoms with Gasteiger partial charge in [0.25, 0.3) is 0 Å². The molecule has 12 rings (SSSR count). The molecule has 0 amide bonds. The molecule has 1 aliphatic carbocycles. The van der Waals surface area contributed by atoms with E-state index < -0.39 is 0 Å². The Balaban J connectivity index is 1.21. The van der Waals surface area contributed by atoms with Gasteiger partial charge >= 0.3 is 0 Å². The van der Waals surface area contributed by atoms with Crippen molar-refractivity contribution in [3.8, 4) is 44.5 Å². The van der Waals surface area contributed by atoms with Crippen LogP contribution in [0, 0.1) is 0 Å². The molecule has 1 heteroatoms. The molecule has 1 heterocycles. The number of hydrogen-bond acceptors (Lipinski definition) is 1. The summed E-state index contributed by atoms with van der Waals surface area (Å²) < 4.78 is 6.67. The van der Waals surface area contributed by atoms with Gasteiger partial charge in [0.1, 0.15) is 11.2 Å². The highest BCUT2D eigenvalue weighted by molar-refractivity contribution is 6.31. The van der Waals surface area contributed by atoms with Crippen LogP contribution in [-0.2, 0) is 6.42 Å². The van der Waals surface area contributed by atoms with Gasteiger partial charge in [-0.2, -0.15) is 0 Å². The summed E-state index contributed by atoms with van der Waals surface area (Å²) in [6.45, 7) is 0. The van der Waals surface area contributed by atoms with Crippen molar-refractivity contribution < 1.29 is 4.42 Å². The van der Waals surface area contributed by atoms with E-state index in [9.17, 15) is 0 Å². The lowest BCUT2D eigenvalue weighted by molar-refractivity contribution is 0.670. The molecule has 0 radical (unpaired) electrons. The van der Waals surface area contributed by atoms with Gasteiger partial charge in [0.15, 0.2) is 0 Å². The lowest BCUT2D eigenvalue weighted by atomic mass is 9.80. The minimum Gasteiger partial charge on any atom is -0.455 e. The molecule has 10 aromatic carbocycles. The van der Waals surface area contributed by atoms with E-state index in [0.717, 1.165) is 33.9 Å². The molecule has 1 aliphatic rings. The van der Waals surface area contributed by atoms with Crippen LogP contribution in [0.3, 0.4) is 0 Å². The van der Waals surface area contributed by atoms with Crippen LogP contribution in [-0.4, -0.2) is 0 Å². The molecule has 0 unspecified atom stereocenters. The third kappa shape index (κ3) is 4.04. The maximum Gasteiger partial charge on any atom is 0.143 e. The van der Waals surface area contributed by atoms with Crippen LogP contribution in [0.15, 0.2) is 186 Å². The fourth-order valence-corrected chi connectivity index (χ4v) is 9.71. The SMILES string of the molecule is c1ccc2c(c1)Cc1c-2cccc1-c1c2ccccc2c(-c2c3ccccc3c(-c3cccc4c3oc3ccccc34)c3ccccc23)c2ccccc12. The van der Waals surface area contributed by atoms with Gasteiger partial charge in [-0.25, -0.2) is 0 Å². The minimum absolute atomic E-state index is 0.913. The predicted octanol–water partition coefficient (Wildman–Crippen LogP) is 14.8. The van der Waals surface area contributed by atoms with Gasteiger partial charge < -0.3 is 4.42 Å². The van der Waals surface area contributed by atoms with E-state index in [1.165, 1.54) is 93.2 Å². The summed E-state index contributed by atoms with van der Waals surface area (Å²) >= 11 is 0. The summed E-state index contributed by atoms with van der Waals surface area (Å²) in [7, 11) is 0. The summed E-state index contributed by atoms with van der Waals surface area (Å²) in [4.78, 5) is 0. The van der Waals surface area contributed by atoms with Crippen LogP contribution in [0.2, 0.25) is 0 Å². The van der Waals surface area contributed by atoms with Gasteiger partial charge in [0.2, 0.25) is 0 Å². The smallest absolute Gasteiger partial charge is 0.143 e. The fraction of sp³-hybridized carbons (Fsp3) is 0.0189. The molecule has 0 fully saturated rings. The van der Waals surface area contributed by atoms with Gasteiger partial charge in [-0.1, -0.05) is 176 Å². The molecular formula is C53H32O. The normalized spacial score (nSPS) is 12.4. The highest BCUT2D eigenvalue weighted by atomic mass is 16.3. The molecule has 0 atom stereocenters. The van der Waals surface area contributed by atoms with Gasteiger partial charge in [-0.05, 0) is 100 Å².